The van der Waals surface area contributed by atoms with Crippen LogP contribution >= 0.6 is 11.6 Å². The van der Waals surface area contributed by atoms with E-state index in [4.69, 9.17) is 17.3 Å². The van der Waals surface area contributed by atoms with Crippen molar-refractivity contribution in [3.8, 4) is 0 Å². The smallest absolute Gasteiger partial charge is 0.319 e. The first-order chi connectivity index (χ1) is 9.95. The van der Waals surface area contributed by atoms with Crippen LogP contribution in [0.2, 0.25) is 5.02 Å². The fourth-order valence-electron chi connectivity index (χ4n) is 1.95. The van der Waals surface area contributed by atoms with Crippen LogP contribution in [0.1, 0.15) is 24.1 Å². The maximum Gasteiger partial charge on any atom is 0.319 e. The summed E-state index contributed by atoms with van der Waals surface area (Å²) in [6.45, 7) is 3.81. The third-order valence-electron chi connectivity index (χ3n) is 3.19. The Morgan fingerprint density at radius 3 is 2.67 bits per heavy atom. The predicted octanol–water partition coefficient (Wildman–Crippen LogP) is 4.11. The van der Waals surface area contributed by atoms with E-state index < -0.39 is 0 Å². The number of nitrogen functional groups attached to an aromatic ring is 1. The van der Waals surface area contributed by atoms with Gasteiger partial charge in [0.1, 0.15) is 0 Å². The number of nitrogens with two attached hydrogens (primary N) is 1. The van der Waals surface area contributed by atoms with Gasteiger partial charge in [0.25, 0.3) is 0 Å². The molecule has 2 aromatic carbocycles. The van der Waals surface area contributed by atoms with Gasteiger partial charge in [0.15, 0.2) is 0 Å². The Kier molecular flexibility index (Phi) is 4.70. The number of amides is 2. The minimum atomic E-state index is -0.287. The standard InChI is InChI=1S/C16H18ClN3O/c1-10-6-7-14(9-15(10)17)20-16(21)19-11(2)12-4-3-5-13(18)8-12/h3-9,11H,18H2,1-2H3,(H2,19,20,21). The van der Waals surface area contributed by atoms with Gasteiger partial charge < -0.3 is 16.4 Å². The molecule has 1 atom stereocenters. The molecule has 0 aliphatic carbocycles. The first-order valence-electron chi connectivity index (χ1n) is 6.65. The average Bonchev–Trinajstić information content (AvgIpc) is 2.43. The lowest BCUT2D eigenvalue weighted by atomic mass is 10.1. The molecule has 4 nitrogen and oxygen atoms in total. The van der Waals surface area contributed by atoms with Crippen LogP contribution in [0.3, 0.4) is 0 Å². The second-order valence-electron chi connectivity index (χ2n) is 4.95. The van der Waals surface area contributed by atoms with Crippen LogP contribution in [0, 0.1) is 6.92 Å². The molecule has 0 aromatic heterocycles. The molecule has 0 fully saturated rings. The molecule has 2 aromatic rings. The Hall–Kier alpha value is -2.20. The van der Waals surface area contributed by atoms with E-state index in [1.807, 2.05) is 50.2 Å². The van der Waals surface area contributed by atoms with Gasteiger partial charge in [-0.15, -0.1) is 0 Å². The number of carbonyl (C=O) groups excluding carboxylic acids is 1. The monoisotopic (exact) mass is 303 g/mol. The molecule has 21 heavy (non-hydrogen) atoms. The van der Waals surface area contributed by atoms with Crippen molar-refractivity contribution in [1.29, 1.82) is 0 Å². The number of aryl methyl sites for hydroxylation is 1. The van der Waals surface area contributed by atoms with Gasteiger partial charge in [-0.1, -0.05) is 29.8 Å². The highest BCUT2D eigenvalue weighted by molar-refractivity contribution is 6.31. The Labute approximate surface area is 129 Å². The highest BCUT2D eigenvalue weighted by atomic mass is 35.5. The molecule has 4 N–H and O–H groups in total. The largest absolute Gasteiger partial charge is 0.399 e. The lowest BCUT2D eigenvalue weighted by Crippen LogP contribution is -2.31. The Bertz CT molecular complexity index is 658. The van der Waals surface area contributed by atoms with E-state index in [2.05, 4.69) is 10.6 Å². The molecule has 0 aliphatic rings. The van der Waals surface area contributed by atoms with Crippen LogP contribution in [0.4, 0.5) is 16.2 Å². The van der Waals surface area contributed by atoms with Crippen LogP contribution in [0.25, 0.3) is 0 Å². The zero-order valence-corrected chi connectivity index (χ0v) is 12.7. The summed E-state index contributed by atoms with van der Waals surface area (Å²) in [6, 6.07) is 12.4. The molecule has 110 valence electrons. The van der Waals surface area contributed by atoms with Gasteiger partial charge in [-0.25, -0.2) is 4.79 Å². The van der Waals surface area contributed by atoms with E-state index in [1.165, 1.54) is 0 Å². The molecule has 5 heteroatoms. The molecule has 0 saturated carbocycles. The van der Waals surface area contributed by atoms with Gasteiger partial charge in [-0.05, 0) is 49.2 Å². The number of halogens is 1. The van der Waals surface area contributed by atoms with E-state index in [0.29, 0.717) is 16.4 Å². The zero-order chi connectivity index (χ0) is 15.4. The number of rotatable bonds is 3. The Balaban J connectivity index is 1.99. The van der Waals surface area contributed by atoms with E-state index in [-0.39, 0.29) is 12.1 Å². The molecular weight excluding hydrogens is 286 g/mol. The molecule has 2 amide bonds. The summed E-state index contributed by atoms with van der Waals surface area (Å²) < 4.78 is 0. The lowest BCUT2D eigenvalue weighted by molar-refractivity contribution is 0.249. The van der Waals surface area contributed by atoms with E-state index in [9.17, 15) is 4.79 Å². The fraction of sp³-hybridized carbons (Fsp3) is 0.188. The molecular formula is C16H18ClN3O. The van der Waals surface area contributed by atoms with Crippen molar-refractivity contribution >= 4 is 29.0 Å². The summed E-state index contributed by atoms with van der Waals surface area (Å²) in [7, 11) is 0. The third-order valence-corrected chi connectivity index (χ3v) is 3.60. The van der Waals surface area contributed by atoms with Crippen molar-refractivity contribution < 1.29 is 4.79 Å². The van der Waals surface area contributed by atoms with E-state index in [0.717, 1.165) is 11.1 Å². The van der Waals surface area contributed by atoms with Gasteiger partial charge in [-0.3, -0.25) is 0 Å². The van der Waals surface area contributed by atoms with Crippen molar-refractivity contribution in [1.82, 2.24) is 5.32 Å². The molecule has 0 heterocycles. The fourth-order valence-corrected chi connectivity index (χ4v) is 2.13. The summed E-state index contributed by atoms with van der Waals surface area (Å²) >= 11 is 6.03. The van der Waals surface area contributed by atoms with Crippen LogP contribution < -0.4 is 16.4 Å². The third kappa shape index (κ3) is 4.13. The number of carbonyl (C=O) groups is 1. The summed E-state index contributed by atoms with van der Waals surface area (Å²) in [5, 5.41) is 6.24. The van der Waals surface area contributed by atoms with Crippen LogP contribution in [-0.4, -0.2) is 6.03 Å². The SMILES string of the molecule is Cc1ccc(NC(=O)NC(C)c2cccc(N)c2)cc1Cl. The van der Waals surface area contributed by atoms with Gasteiger partial charge in [0.2, 0.25) is 0 Å². The number of nitrogens with one attached hydrogen (secondary N) is 2. The summed E-state index contributed by atoms with van der Waals surface area (Å²) in [5.41, 5.74) is 8.99. The van der Waals surface area contributed by atoms with Crippen molar-refractivity contribution in [3.63, 3.8) is 0 Å². The van der Waals surface area contributed by atoms with Gasteiger partial charge in [-0.2, -0.15) is 0 Å². The van der Waals surface area contributed by atoms with Crippen molar-refractivity contribution in [2.24, 2.45) is 0 Å². The minimum absolute atomic E-state index is 0.144. The summed E-state index contributed by atoms with van der Waals surface area (Å²) in [6.07, 6.45) is 0. The van der Waals surface area contributed by atoms with Gasteiger partial charge >= 0.3 is 6.03 Å². The van der Waals surface area contributed by atoms with Crippen molar-refractivity contribution in [2.45, 2.75) is 19.9 Å². The average molecular weight is 304 g/mol. The summed E-state index contributed by atoms with van der Waals surface area (Å²) in [4.78, 5) is 12.0. The maximum atomic E-state index is 12.0. The first kappa shape index (κ1) is 15.2. The van der Waals surface area contributed by atoms with Gasteiger partial charge in [0, 0.05) is 16.4 Å². The van der Waals surface area contributed by atoms with Crippen LogP contribution in [0.5, 0.6) is 0 Å². The first-order valence-corrected chi connectivity index (χ1v) is 7.02. The molecule has 0 radical (unpaired) electrons. The van der Waals surface area contributed by atoms with Crippen LogP contribution in [-0.2, 0) is 0 Å². The van der Waals surface area contributed by atoms with E-state index >= 15 is 0 Å². The van der Waals surface area contributed by atoms with Gasteiger partial charge in [0.05, 0.1) is 6.04 Å². The molecule has 0 spiro atoms. The number of benzene rings is 2. The highest BCUT2D eigenvalue weighted by Crippen LogP contribution is 2.20. The highest BCUT2D eigenvalue weighted by Gasteiger charge is 2.10. The molecule has 0 saturated heterocycles. The predicted molar refractivity (Wildman–Crippen MR) is 87.6 cm³/mol. The summed E-state index contributed by atoms with van der Waals surface area (Å²) in [5.74, 6) is 0. The minimum Gasteiger partial charge on any atom is -0.399 e. The number of urea groups is 1. The second kappa shape index (κ2) is 6.50. The number of hydrogen-bond acceptors (Lipinski definition) is 2. The van der Waals surface area contributed by atoms with Crippen LogP contribution in [0.15, 0.2) is 42.5 Å². The normalized spacial score (nSPS) is 11.8. The Morgan fingerprint density at radius 2 is 2.00 bits per heavy atom. The molecule has 0 bridgehead atoms. The molecule has 1 unspecified atom stereocenters. The topological polar surface area (TPSA) is 67.2 Å². The van der Waals surface area contributed by atoms with Crippen molar-refractivity contribution in [3.05, 3.63) is 58.6 Å². The molecule has 2 rings (SSSR count). The van der Waals surface area contributed by atoms with Crippen molar-refractivity contribution in [2.75, 3.05) is 11.1 Å². The molecule has 0 aliphatic heterocycles. The number of hydrogen-bond donors (Lipinski definition) is 3. The quantitative estimate of drug-likeness (QED) is 0.747. The Morgan fingerprint density at radius 1 is 1.24 bits per heavy atom. The zero-order valence-electron chi connectivity index (χ0n) is 12.0. The maximum absolute atomic E-state index is 12.0. The number of anilines is 2. The van der Waals surface area contributed by atoms with E-state index in [1.54, 1.807) is 6.07 Å². The lowest BCUT2D eigenvalue weighted by Gasteiger charge is -2.15. The second-order valence-corrected chi connectivity index (χ2v) is 5.36.